The molecule has 0 radical (unpaired) electrons. The number of likely N-dealkylation sites (N-methyl/N-ethyl adjacent to an activating group) is 1. The average Bonchev–Trinajstić information content (AvgIpc) is 2.95. The Morgan fingerprint density at radius 1 is 1.05 bits per heavy atom. The van der Waals surface area contributed by atoms with Crippen LogP contribution in [0.1, 0.15) is 37.8 Å². The predicted octanol–water partition coefficient (Wildman–Crippen LogP) is 4.83. The van der Waals surface area contributed by atoms with E-state index in [0.717, 1.165) is 5.92 Å². The Morgan fingerprint density at radius 3 is 2.59 bits per heavy atom. The summed E-state index contributed by atoms with van der Waals surface area (Å²) in [4.78, 5) is 0. The van der Waals surface area contributed by atoms with Gasteiger partial charge in [0, 0.05) is 5.92 Å². The van der Waals surface area contributed by atoms with Gasteiger partial charge >= 0.3 is 0 Å². The van der Waals surface area contributed by atoms with Gasteiger partial charge in [-0.25, -0.2) is 0 Å². The molecular weight excluding hydrogens is 266 g/mol. The van der Waals surface area contributed by atoms with E-state index in [4.69, 9.17) is 0 Å². The molecule has 0 unspecified atom stereocenters. The summed E-state index contributed by atoms with van der Waals surface area (Å²) >= 11 is 0. The molecule has 1 nitrogen and oxygen atoms in total. The van der Waals surface area contributed by atoms with Gasteiger partial charge < -0.3 is 4.48 Å². The van der Waals surface area contributed by atoms with Gasteiger partial charge in [0.25, 0.3) is 0 Å². The normalized spacial score (nSPS) is 25.7. The Bertz CT molecular complexity index is 752. The molecule has 1 heterocycles. The number of hydrogen-bond acceptors (Lipinski definition) is 0. The lowest BCUT2D eigenvalue weighted by Gasteiger charge is -2.32. The van der Waals surface area contributed by atoms with E-state index < -0.39 is 0 Å². The molecule has 0 aromatic heterocycles. The summed E-state index contributed by atoms with van der Waals surface area (Å²) in [5.41, 5.74) is 4.74. The van der Waals surface area contributed by atoms with Gasteiger partial charge in [-0.1, -0.05) is 43.3 Å². The molecule has 2 atom stereocenters. The topological polar surface area (TPSA) is 0 Å². The molecule has 1 saturated heterocycles. The highest BCUT2D eigenvalue weighted by Crippen LogP contribution is 2.46. The summed E-state index contributed by atoms with van der Waals surface area (Å²) in [6, 6.07) is 13.5. The van der Waals surface area contributed by atoms with Crippen LogP contribution in [0.3, 0.4) is 0 Å². The molecule has 1 aliphatic carbocycles. The van der Waals surface area contributed by atoms with Crippen molar-refractivity contribution in [3.8, 4) is 0 Å². The zero-order valence-corrected chi connectivity index (χ0v) is 14.0. The first-order chi connectivity index (χ1) is 10.7. The number of fused-ring (bicyclic) bond motifs is 4. The van der Waals surface area contributed by atoms with Crippen LogP contribution in [0.4, 0.5) is 0 Å². The average molecular weight is 292 g/mol. The van der Waals surface area contributed by atoms with Crippen molar-refractivity contribution in [3.63, 3.8) is 0 Å². The van der Waals surface area contributed by atoms with E-state index in [1.165, 1.54) is 47.0 Å². The van der Waals surface area contributed by atoms with Gasteiger partial charge in [-0.15, -0.1) is 0 Å². The summed E-state index contributed by atoms with van der Waals surface area (Å²) in [6.45, 7) is 12.2. The third-order valence-corrected chi connectivity index (χ3v) is 6.35. The molecule has 0 bridgehead atoms. The Labute approximate surface area is 133 Å². The van der Waals surface area contributed by atoms with Crippen LogP contribution in [-0.2, 0) is 0 Å². The summed E-state index contributed by atoms with van der Waals surface area (Å²) < 4.78 is 1.27. The fraction of sp³-hybridized carbons (Fsp3) is 0.429. The van der Waals surface area contributed by atoms with Crippen molar-refractivity contribution in [2.45, 2.75) is 26.7 Å². The van der Waals surface area contributed by atoms with E-state index in [0.29, 0.717) is 5.92 Å². The van der Waals surface area contributed by atoms with Crippen LogP contribution < -0.4 is 0 Å². The maximum absolute atomic E-state index is 2.54. The molecule has 0 amide bonds. The van der Waals surface area contributed by atoms with Gasteiger partial charge in [-0.2, -0.15) is 0 Å². The van der Waals surface area contributed by atoms with Gasteiger partial charge in [-0.05, 0) is 53.3 Å². The molecule has 4 rings (SSSR count). The van der Waals surface area contributed by atoms with E-state index in [2.05, 4.69) is 63.2 Å². The minimum atomic E-state index is 0.651. The Kier molecular flexibility index (Phi) is 3.16. The highest BCUT2D eigenvalue weighted by atomic mass is 15.4. The van der Waals surface area contributed by atoms with Gasteiger partial charge in [0.15, 0.2) is 0 Å². The highest BCUT2D eigenvalue weighted by Gasteiger charge is 2.44. The third kappa shape index (κ3) is 1.88. The molecule has 1 heteroatoms. The third-order valence-electron chi connectivity index (χ3n) is 6.35. The molecule has 0 saturated carbocycles. The molecule has 22 heavy (non-hydrogen) atoms. The maximum Gasteiger partial charge on any atom is 0.101 e. The molecule has 0 spiro atoms. The first-order valence-corrected chi connectivity index (χ1v) is 8.74. The first-order valence-electron chi connectivity index (χ1n) is 8.74. The second kappa shape index (κ2) is 4.96. The lowest BCUT2D eigenvalue weighted by atomic mass is 9.76. The van der Waals surface area contributed by atoms with Crippen LogP contribution in [0.15, 0.2) is 42.0 Å². The van der Waals surface area contributed by atoms with Crippen LogP contribution in [-0.4, -0.2) is 30.7 Å². The van der Waals surface area contributed by atoms with Gasteiger partial charge in [-0.3, -0.25) is 0 Å². The van der Waals surface area contributed by atoms with Crippen molar-refractivity contribution in [1.82, 2.24) is 0 Å². The Balaban J connectivity index is 1.88. The molecule has 114 valence electrons. The Hall–Kier alpha value is -1.60. The molecule has 2 aromatic carbocycles. The van der Waals surface area contributed by atoms with Crippen molar-refractivity contribution < 1.29 is 4.48 Å². The van der Waals surface area contributed by atoms with Crippen LogP contribution in [0.25, 0.3) is 16.8 Å². The largest absolute Gasteiger partial charge is 0.320 e. The van der Waals surface area contributed by atoms with Crippen LogP contribution >= 0.6 is 0 Å². The predicted molar refractivity (Wildman–Crippen MR) is 94.9 cm³/mol. The number of nitrogens with zero attached hydrogens (tertiary/aromatic N) is 1. The number of quaternary nitrogens is 1. The minimum absolute atomic E-state index is 0.651. The van der Waals surface area contributed by atoms with Crippen LogP contribution in [0, 0.1) is 5.92 Å². The molecule has 2 aliphatic rings. The van der Waals surface area contributed by atoms with E-state index in [9.17, 15) is 0 Å². The van der Waals surface area contributed by atoms with Gasteiger partial charge in [0.2, 0.25) is 0 Å². The highest BCUT2D eigenvalue weighted by molar-refractivity contribution is 5.93. The van der Waals surface area contributed by atoms with Crippen LogP contribution in [0.2, 0.25) is 0 Å². The Morgan fingerprint density at radius 2 is 1.82 bits per heavy atom. The number of likely N-dealkylation sites (tertiary alicyclic amines) is 1. The summed E-state index contributed by atoms with van der Waals surface area (Å²) in [5, 5.41) is 2.80. The SMILES string of the molecule is CC[N+]1(CC)CC2=Cc3c(ccc4ccccc34)[C@H](C)[C@H]2C1. The minimum Gasteiger partial charge on any atom is -0.320 e. The summed E-state index contributed by atoms with van der Waals surface area (Å²) in [7, 11) is 0. The lowest BCUT2D eigenvalue weighted by Crippen LogP contribution is -2.45. The number of benzene rings is 2. The lowest BCUT2D eigenvalue weighted by molar-refractivity contribution is -0.912. The van der Waals surface area contributed by atoms with E-state index in [1.807, 2.05) is 0 Å². The molecular formula is C21H26N+. The quantitative estimate of drug-likeness (QED) is 0.696. The number of rotatable bonds is 2. The second-order valence-electron chi connectivity index (χ2n) is 7.22. The monoisotopic (exact) mass is 292 g/mol. The first kappa shape index (κ1) is 14.0. The fourth-order valence-electron chi connectivity index (χ4n) is 4.71. The summed E-state index contributed by atoms with van der Waals surface area (Å²) in [6.07, 6.45) is 2.54. The van der Waals surface area contributed by atoms with E-state index in [-0.39, 0.29) is 0 Å². The van der Waals surface area contributed by atoms with Crippen molar-refractivity contribution in [2.75, 3.05) is 26.2 Å². The molecule has 2 aromatic rings. The van der Waals surface area contributed by atoms with Crippen LogP contribution in [0.5, 0.6) is 0 Å². The molecule has 1 aliphatic heterocycles. The zero-order chi connectivity index (χ0) is 15.3. The van der Waals surface area contributed by atoms with E-state index in [1.54, 1.807) is 11.1 Å². The van der Waals surface area contributed by atoms with Gasteiger partial charge in [0.05, 0.1) is 19.6 Å². The molecule has 1 fully saturated rings. The zero-order valence-electron chi connectivity index (χ0n) is 14.0. The van der Waals surface area contributed by atoms with E-state index >= 15 is 0 Å². The number of hydrogen-bond donors (Lipinski definition) is 0. The second-order valence-corrected chi connectivity index (χ2v) is 7.22. The summed E-state index contributed by atoms with van der Waals surface area (Å²) in [5.74, 6) is 1.39. The molecule has 0 N–H and O–H groups in total. The van der Waals surface area contributed by atoms with Crippen molar-refractivity contribution in [2.24, 2.45) is 5.92 Å². The van der Waals surface area contributed by atoms with Gasteiger partial charge in [0.1, 0.15) is 6.54 Å². The van der Waals surface area contributed by atoms with Crippen molar-refractivity contribution in [1.29, 1.82) is 0 Å². The standard InChI is InChI=1S/C21H26N/c1-4-22(5-2)13-17-12-20-18(15(3)21(17)14-22)11-10-16-8-6-7-9-19(16)20/h6-12,15,21H,4-5,13-14H2,1-3H3/q+1/t15-,21+/m0/s1. The van der Waals surface area contributed by atoms with Crippen molar-refractivity contribution in [3.05, 3.63) is 53.1 Å². The fourth-order valence-corrected chi connectivity index (χ4v) is 4.71. The maximum atomic E-state index is 2.54. The smallest absolute Gasteiger partial charge is 0.101 e. The van der Waals surface area contributed by atoms with Crippen molar-refractivity contribution >= 4 is 16.8 Å².